The second-order valence-corrected chi connectivity index (χ2v) is 5.06. The van der Waals surface area contributed by atoms with Crippen molar-refractivity contribution in [2.45, 2.75) is 0 Å². The Morgan fingerprint density at radius 1 is 0.885 bits per heavy atom. The molecule has 0 spiro atoms. The number of hydrogen-bond donors (Lipinski definition) is 4. The first-order valence-corrected chi connectivity index (χ1v) is 7.38. The molecule has 0 aliphatic carbocycles. The lowest BCUT2D eigenvalue weighted by Crippen LogP contribution is -2.17. The predicted molar refractivity (Wildman–Crippen MR) is 93.9 cm³/mol. The highest BCUT2D eigenvalue weighted by molar-refractivity contribution is 5.95. The molecule has 2 rings (SSSR count). The molecule has 0 fully saturated rings. The van der Waals surface area contributed by atoms with Crippen molar-refractivity contribution in [1.82, 2.24) is 10.9 Å². The van der Waals surface area contributed by atoms with Gasteiger partial charge in [-0.2, -0.15) is 5.10 Å². The van der Waals surface area contributed by atoms with Crippen LogP contribution in [0.5, 0.6) is 0 Å². The third-order valence-electron chi connectivity index (χ3n) is 3.25. The number of carboxylic acids is 1. The molecule has 0 unspecified atom stereocenters. The SMILES string of the molecule is O=C(/C=C/c1ccc(C(=O)N/N=C/c2ccc(C(=O)O)cc2)cc1)NO. The average Bonchev–Trinajstić information content (AvgIpc) is 2.66. The largest absolute Gasteiger partial charge is 0.478 e. The Bertz CT molecular complexity index is 855. The summed E-state index contributed by atoms with van der Waals surface area (Å²) in [6.45, 7) is 0. The van der Waals surface area contributed by atoms with Crippen molar-refractivity contribution in [3.63, 3.8) is 0 Å². The van der Waals surface area contributed by atoms with E-state index >= 15 is 0 Å². The monoisotopic (exact) mass is 353 g/mol. The van der Waals surface area contributed by atoms with Gasteiger partial charge in [-0.25, -0.2) is 15.7 Å². The molecule has 0 aliphatic rings. The lowest BCUT2D eigenvalue weighted by Gasteiger charge is -2.01. The molecule has 2 aromatic rings. The number of carbonyl (C=O) groups is 3. The molecule has 8 heteroatoms. The van der Waals surface area contributed by atoms with Crippen LogP contribution in [0, 0.1) is 0 Å². The van der Waals surface area contributed by atoms with Crippen molar-refractivity contribution in [3.05, 3.63) is 76.9 Å². The summed E-state index contributed by atoms with van der Waals surface area (Å²) >= 11 is 0. The van der Waals surface area contributed by atoms with Gasteiger partial charge >= 0.3 is 5.97 Å². The third kappa shape index (κ3) is 5.39. The summed E-state index contributed by atoms with van der Waals surface area (Å²) in [7, 11) is 0. The van der Waals surface area contributed by atoms with Crippen molar-refractivity contribution in [1.29, 1.82) is 0 Å². The highest BCUT2D eigenvalue weighted by Crippen LogP contribution is 2.06. The Morgan fingerprint density at radius 2 is 1.46 bits per heavy atom. The normalized spacial score (nSPS) is 10.8. The quantitative estimate of drug-likeness (QED) is 0.272. The van der Waals surface area contributed by atoms with Gasteiger partial charge in [0.2, 0.25) is 0 Å². The number of nitrogens with one attached hydrogen (secondary N) is 2. The smallest absolute Gasteiger partial charge is 0.335 e. The number of aromatic carboxylic acids is 1. The van der Waals surface area contributed by atoms with E-state index in [1.165, 1.54) is 29.9 Å². The maximum absolute atomic E-state index is 12.0. The molecular formula is C18H15N3O5. The Morgan fingerprint density at radius 3 is 2.04 bits per heavy atom. The molecule has 0 aliphatic heterocycles. The van der Waals surface area contributed by atoms with Crippen LogP contribution in [0.3, 0.4) is 0 Å². The maximum atomic E-state index is 12.0. The third-order valence-corrected chi connectivity index (χ3v) is 3.25. The van der Waals surface area contributed by atoms with E-state index in [0.717, 1.165) is 6.08 Å². The molecule has 0 saturated heterocycles. The molecule has 0 heterocycles. The van der Waals surface area contributed by atoms with Crippen LogP contribution in [-0.2, 0) is 4.79 Å². The van der Waals surface area contributed by atoms with Gasteiger partial charge in [-0.1, -0.05) is 24.3 Å². The van der Waals surface area contributed by atoms with E-state index in [2.05, 4.69) is 10.5 Å². The molecule has 0 aromatic heterocycles. The number of hydroxylamine groups is 1. The van der Waals surface area contributed by atoms with E-state index in [0.29, 0.717) is 16.7 Å². The Balaban J connectivity index is 1.93. The van der Waals surface area contributed by atoms with Gasteiger partial charge in [0.15, 0.2) is 0 Å². The van der Waals surface area contributed by atoms with Gasteiger partial charge in [-0.3, -0.25) is 14.8 Å². The summed E-state index contributed by atoms with van der Waals surface area (Å²) in [4.78, 5) is 33.6. The highest BCUT2D eigenvalue weighted by Gasteiger charge is 2.04. The van der Waals surface area contributed by atoms with Crippen LogP contribution < -0.4 is 10.9 Å². The van der Waals surface area contributed by atoms with Crippen LogP contribution in [0.1, 0.15) is 31.8 Å². The van der Waals surface area contributed by atoms with E-state index in [-0.39, 0.29) is 5.56 Å². The molecule has 0 saturated carbocycles. The van der Waals surface area contributed by atoms with E-state index in [4.69, 9.17) is 10.3 Å². The molecule has 0 atom stereocenters. The fraction of sp³-hybridized carbons (Fsp3) is 0. The van der Waals surface area contributed by atoms with Gasteiger partial charge in [-0.05, 0) is 41.5 Å². The summed E-state index contributed by atoms with van der Waals surface area (Å²) in [6, 6.07) is 12.4. The first-order chi connectivity index (χ1) is 12.5. The first-order valence-electron chi connectivity index (χ1n) is 7.38. The van der Waals surface area contributed by atoms with Crippen LogP contribution in [-0.4, -0.2) is 34.3 Å². The molecule has 8 nitrogen and oxygen atoms in total. The Hall–Kier alpha value is -3.78. The second-order valence-electron chi connectivity index (χ2n) is 5.06. The fourth-order valence-corrected chi connectivity index (χ4v) is 1.90. The van der Waals surface area contributed by atoms with Gasteiger partial charge in [-0.15, -0.1) is 0 Å². The van der Waals surface area contributed by atoms with Gasteiger partial charge < -0.3 is 5.11 Å². The van der Waals surface area contributed by atoms with Crippen molar-refractivity contribution in [2.75, 3.05) is 0 Å². The van der Waals surface area contributed by atoms with Crippen molar-refractivity contribution < 1.29 is 24.7 Å². The number of carbonyl (C=O) groups excluding carboxylic acids is 2. The van der Waals surface area contributed by atoms with Crippen LogP contribution in [0.2, 0.25) is 0 Å². The summed E-state index contributed by atoms with van der Waals surface area (Å²) in [5.74, 6) is -2.10. The lowest BCUT2D eigenvalue weighted by molar-refractivity contribution is -0.124. The Kier molecular flexibility index (Phi) is 6.35. The van der Waals surface area contributed by atoms with E-state index in [9.17, 15) is 14.4 Å². The molecule has 0 bridgehead atoms. The van der Waals surface area contributed by atoms with Crippen LogP contribution >= 0.6 is 0 Å². The van der Waals surface area contributed by atoms with Gasteiger partial charge in [0.05, 0.1) is 11.8 Å². The van der Waals surface area contributed by atoms with E-state index in [1.807, 2.05) is 0 Å². The van der Waals surface area contributed by atoms with Crippen molar-refractivity contribution >= 4 is 30.1 Å². The van der Waals surface area contributed by atoms with E-state index < -0.39 is 17.8 Å². The molecule has 26 heavy (non-hydrogen) atoms. The zero-order valence-corrected chi connectivity index (χ0v) is 13.4. The minimum absolute atomic E-state index is 0.164. The van der Waals surface area contributed by atoms with E-state index in [1.54, 1.807) is 36.4 Å². The zero-order chi connectivity index (χ0) is 18.9. The molecule has 2 amide bonds. The minimum Gasteiger partial charge on any atom is -0.478 e. The molecule has 2 aromatic carbocycles. The molecule has 0 radical (unpaired) electrons. The topological polar surface area (TPSA) is 128 Å². The number of rotatable bonds is 6. The maximum Gasteiger partial charge on any atom is 0.335 e. The van der Waals surface area contributed by atoms with Crippen LogP contribution in [0.15, 0.2) is 59.7 Å². The molecule has 132 valence electrons. The number of hydrogen-bond acceptors (Lipinski definition) is 5. The van der Waals surface area contributed by atoms with Crippen molar-refractivity contribution in [2.24, 2.45) is 5.10 Å². The number of benzene rings is 2. The average molecular weight is 353 g/mol. The lowest BCUT2D eigenvalue weighted by atomic mass is 10.1. The first kappa shape index (κ1) is 18.6. The van der Waals surface area contributed by atoms with Crippen LogP contribution in [0.25, 0.3) is 6.08 Å². The zero-order valence-electron chi connectivity index (χ0n) is 13.4. The molecule has 4 N–H and O–H groups in total. The second kappa shape index (κ2) is 8.90. The standard InChI is InChI=1S/C18H15N3O5/c22-16(21-26)10-5-12-1-6-14(7-2-12)17(23)20-19-11-13-3-8-15(9-4-13)18(24)25/h1-11,26H,(H,20,23)(H,21,22)(H,24,25)/b10-5+,19-11+. The molecular weight excluding hydrogens is 338 g/mol. The number of carboxylic acid groups (broad SMARTS) is 1. The minimum atomic E-state index is -1.02. The predicted octanol–water partition coefficient (Wildman–Crippen LogP) is 1.67. The number of nitrogens with zero attached hydrogens (tertiary/aromatic N) is 1. The van der Waals surface area contributed by atoms with Gasteiger partial charge in [0.25, 0.3) is 11.8 Å². The number of amides is 2. The Labute approximate surface area is 148 Å². The fourth-order valence-electron chi connectivity index (χ4n) is 1.90. The van der Waals surface area contributed by atoms with Gasteiger partial charge in [0.1, 0.15) is 0 Å². The summed E-state index contributed by atoms with van der Waals surface area (Å²) in [5, 5.41) is 21.0. The van der Waals surface area contributed by atoms with Crippen LogP contribution in [0.4, 0.5) is 0 Å². The number of hydrazone groups is 1. The summed E-state index contributed by atoms with van der Waals surface area (Å²) in [6.07, 6.45) is 4.02. The summed E-state index contributed by atoms with van der Waals surface area (Å²) in [5.41, 5.74) is 5.68. The highest BCUT2D eigenvalue weighted by atomic mass is 16.5. The summed E-state index contributed by atoms with van der Waals surface area (Å²) < 4.78 is 0. The van der Waals surface area contributed by atoms with Gasteiger partial charge in [0, 0.05) is 11.6 Å². The van der Waals surface area contributed by atoms with Crippen molar-refractivity contribution in [3.8, 4) is 0 Å².